The molecule has 1 heterocycles. The zero-order valence-electron chi connectivity index (χ0n) is 9.71. The summed E-state index contributed by atoms with van der Waals surface area (Å²) in [4.78, 5) is 24.8. The van der Waals surface area contributed by atoms with E-state index in [1.54, 1.807) is 18.2 Å². The second kappa shape index (κ2) is 4.37. The topological polar surface area (TPSA) is 70.2 Å². The lowest BCUT2D eigenvalue weighted by atomic mass is 10.0. The number of H-pyrrole nitrogens is 1. The molecule has 0 atom stereocenters. The predicted molar refractivity (Wildman–Crippen MR) is 74.4 cm³/mol. The molecule has 2 N–H and O–H groups in total. The van der Waals surface area contributed by atoms with E-state index in [1.807, 2.05) is 18.2 Å². The monoisotopic (exact) mass is 271 g/mol. The summed E-state index contributed by atoms with van der Waals surface area (Å²) in [6.45, 7) is 0. The molecule has 1 aliphatic carbocycles. The van der Waals surface area contributed by atoms with Gasteiger partial charge in [-0.15, -0.1) is 0 Å². The normalized spacial score (nSPS) is 14.3. The van der Waals surface area contributed by atoms with E-state index in [9.17, 15) is 14.7 Å². The van der Waals surface area contributed by atoms with Crippen molar-refractivity contribution in [2.24, 2.45) is 0 Å². The molecule has 0 saturated carbocycles. The Kier molecular flexibility index (Phi) is 2.68. The zero-order valence-corrected chi connectivity index (χ0v) is 10.5. The van der Waals surface area contributed by atoms with Crippen LogP contribution in [0.4, 0.5) is 0 Å². The Hall–Kier alpha value is -2.40. The van der Waals surface area contributed by atoms with E-state index in [2.05, 4.69) is 4.98 Å². The minimum atomic E-state index is -0.291. The van der Waals surface area contributed by atoms with Crippen LogP contribution in [0.15, 0.2) is 29.1 Å². The first-order valence-corrected chi connectivity index (χ1v) is 6.41. The van der Waals surface area contributed by atoms with E-state index in [0.29, 0.717) is 4.88 Å². The smallest absolute Gasteiger partial charge is 0.307 e. The van der Waals surface area contributed by atoms with Gasteiger partial charge in [0, 0.05) is 0 Å². The molecule has 2 aromatic rings. The van der Waals surface area contributed by atoms with Gasteiger partial charge in [0.1, 0.15) is 0 Å². The van der Waals surface area contributed by atoms with Crippen molar-refractivity contribution in [1.82, 2.24) is 4.98 Å². The van der Waals surface area contributed by atoms with Crippen LogP contribution in [0.2, 0.25) is 0 Å². The number of carbonyl (C=O) groups excluding carboxylic acids is 1. The molecule has 0 saturated heterocycles. The molecule has 3 rings (SSSR count). The van der Waals surface area contributed by atoms with Crippen molar-refractivity contribution in [3.63, 3.8) is 0 Å². The van der Waals surface area contributed by atoms with E-state index in [1.165, 1.54) is 6.08 Å². The van der Waals surface area contributed by atoms with Crippen LogP contribution in [0.25, 0.3) is 18.2 Å². The summed E-state index contributed by atoms with van der Waals surface area (Å²) < 4.78 is 0. The Labute approximate surface area is 111 Å². The largest absolute Gasteiger partial charge is 0.493 e. The van der Waals surface area contributed by atoms with Crippen molar-refractivity contribution in [2.75, 3.05) is 0 Å². The molecule has 0 unspecified atom stereocenters. The minimum absolute atomic E-state index is 0.0225. The third kappa shape index (κ3) is 2.28. The van der Waals surface area contributed by atoms with Crippen LogP contribution in [-0.2, 0) is 4.79 Å². The number of fused-ring (bicyclic) bond motifs is 1. The van der Waals surface area contributed by atoms with E-state index in [0.717, 1.165) is 27.3 Å². The summed E-state index contributed by atoms with van der Waals surface area (Å²) in [7, 11) is 0. The predicted octanol–water partition coefficient (Wildman–Crippen LogP) is 0.347. The number of benzene rings is 1. The van der Waals surface area contributed by atoms with Crippen molar-refractivity contribution in [3.05, 3.63) is 54.8 Å². The lowest BCUT2D eigenvalue weighted by Crippen LogP contribution is -2.16. The first kappa shape index (κ1) is 11.7. The fraction of sp³-hybridized carbons (Fsp3) is 0. The number of aromatic hydroxyl groups is 1. The molecule has 0 amide bonds. The van der Waals surface area contributed by atoms with E-state index >= 15 is 0 Å². The molecule has 19 heavy (non-hydrogen) atoms. The Morgan fingerprint density at radius 3 is 2.79 bits per heavy atom. The zero-order chi connectivity index (χ0) is 13.4. The Balaban J connectivity index is 2.16. The van der Waals surface area contributed by atoms with Crippen molar-refractivity contribution in [3.8, 4) is 5.88 Å². The van der Waals surface area contributed by atoms with Gasteiger partial charge >= 0.3 is 4.87 Å². The van der Waals surface area contributed by atoms with Crippen LogP contribution in [-0.4, -0.2) is 15.9 Å². The second-order valence-electron chi connectivity index (χ2n) is 4.14. The summed E-state index contributed by atoms with van der Waals surface area (Å²) in [6, 6.07) is 5.58. The Morgan fingerprint density at radius 2 is 2.05 bits per heavy atom. The number of rotatable bonds is 1. The number of allylic oxidation sites excluding steroid dienone is 1. The number of hydrogen-bond donors (Lipinski definition) is 2. The average molecular weight is 271 g/mol. The lowest BCUT2D eigenvalue weighted by Gasteiger charge is -2.00. The maximum atomic E-state index is 11.2. The second-order valence-corrected chi connectivity index (χ2v) is 5.15. The highest BCUT2D eigenvalue weighted by Gasteiger charge is 2.04. The van der Waals surface area contributed by atoms with Crippen molar-refractivity contribution in [2.45, 2.75) is 0 Å². The first-order chi connectivity index (χ1) is 9.11. The third-order valence-electron chi connectivity index (χ3n) is 2.79. The Morgan fingerprint density at radius 1 is 1.21 bits per heavy atom. The molecule has 0 aliphatic heterocycles. The number of thiazole rings is 1. The van der Waals surface area contributed by atoms with Gasteiger partial charge in [-0.05, 0) is 40.3 Å². The first-order valence-electron chi connectivity index (χ1n) is 5.59. The number of ketones is 1. The average Bonchev–Trinajstić information content (AvgIpc) is 2.68. The van der Waals surface area contributed by atoms with Gasteiger partial charge in [0.2, 0.25) is 5.88 Å². The maximum Gasteiger partial charge on any atom is 0.307 e. The highest BCUT2D eigenvalue weighted by molar-refractivity contribution is 7.10. The number of aromatic amines is 1. The van der Waals surface area contributed by atoms with Crippen LogP contribution in [0, 0.1) is 0 Å². The number of carbonyl (C=O) groups is 1. The third-order valence-corrected chi connectivity index (χ3v) is 3.61. The summed E-state index contributed by atoms with van der Waals surface area (Å²) in [5, 5.41) is 11.3. The van der Waals surface area contributed by atoms with Crippen LogP contribution in [0.5, 0.6) is 5.88 Å². The highest BCUT2D eigenvalue weighted by atomic mass is 32.1. The van der Waals surface area contributed by atoms with Crippen LogP contribution < -0.4 is 15.3 Å². The summed E-state index contributed by atoms with van der Waals surface area (Å²) in [5.74, 6) is -0.143. The molecular formula is C14H9NO3S. The molecular weight excluding hydrogens is 262 g/mol. The number of hydrogen-bond acceptors (Lipinski definition) is 4. The Bertz CT molecular complexity index is 871. The molecule has 0 bridgehead atoms. The summed E-state index contributed by atoms with van der Waals surface area (Å²) >= 11 is 0.950. The molecule has 94 valence electrons. The van der Waals surface area contributed by atoms with Gasteiger partial charge in [-0.2, -0.15) is 0 Å². The summed E-state index contributed by atoms with van der Waals surface area (Å²) in [5.41, 5.74) is 0.940. The van der Waals surface area contributed by atoms with E-state index in [-0.39, 0.29) is 16.5 Å². The number of aromatic nitrogens is 1. The molecule has 5 heteroatoms. The van der Waals surface area contributed by atoms with Crippen molar-refractivity contribution < 1.29 is 9.90 Å². The van der Waals surface area contributed by atoms with Gasteiger partial charge in [0.05, 0.1) is 4.88 Å². The van der Waals surface area contributed by atoms with Gasteiger partial charge in [-0.1, -0.05) is 29.5 Å². The molecule has 1 aromatic heterocycles. The molecule has 4 nitrogen and oxygen atoms in total. The molecule has 1 aromatic carbocycles. The highest BCUT2D eigenvalue weighted by Crippen LogP contribution is 2.15. The lowest BCUT2D eigenvalue weighted by molar-refractivity contribution is -0.109. The van der Waals surface area contributed by atoms with E-state index < -0.39 is 0 Å². The fourth-order valence-corrected chi connectivity index (χ4v) is 2.60. The SMILES string of the molecule is O=C1C=Cc2cc(=Cc3sc(=O)[nH]c3O)ccc2=C1. The molecule has 0 radical (unpaired) electrons. The van der Waals surface area contributed by atoms with Crippen LogP contribution in [0.3, 0.4) is 0 Å². The quantitative estimate of drug-likeness (QED) is 0.786. The van der Waals surface area contributed by atoms with Gasteiger partial charge < -0.3 is 5.11 Å². The minimum Gasteiger partial charge on any atom is -0.493 e. The van der Waals surface area contributed by atoms with Crippen molar-refractivity contribution >= 4 is 35.3 Å². The standard InChI is InChI=1S/C14H9NO3S/c16-11-4-3-9-5-8(1-2-10(9)7-11)6-12-13(17)15-14(18)19-12/h1-7,17H,(H,15,18). The van der Waals surface area contributed by atoms with Gasteiger partial charge in [-0.3, -0.25) is 14.6 Å². The molecule has 0 spiro atoms. The molecule has 1 aliphatic rings. The fourth-order valence-electron chi connectivity index (χ4n) is 1.91. The van der Waals surface area contributed by atoms with Gasteiger partial charge in [-0.25, -0.2) is 0 Å². The van der Waals surface area contributed by atoms with Crippen LogP contribution in [0.1, 0.15) is 10.4 Å². The van der Waals surface area contributed by atoms with Gasteiger partial charge in [0.25, 0.3) is 0 Å². The maximum absolute atomic E-state index is 11.2. The van der Waals surface area contributed by atoms with Crippen LogP contribution >= 0.6 is 11.3 Å². The van der Waals surface area contributed by atoms with E-state index in [4.69, 9.17) is 0 Å². The van der Waals surface area contributed by atoms with Crippen molar-refractivity contribution in [1.29, 1.82) is 0 Å². The number of nitrogens with one attached hydrogen (secondary N) is 1. The summed E-state index contributed by atoms with van der Waals surface area (Å²) in [6.07, 6.45) is 6.57. The van der Waals surface area contributed by atoms with Gasteiger partial charge in [0.15, 0.2) is 5.78 Å². The molecule has 0 fully saturated rings.